The van der Waals surface area contributed by atoms with E-state index >= 15 is 0 Å². The van der Waals surface area contributed by atoms with Crippen molar-refractivity contribution >= 4 is 17.4 Å². The zero-order chi connectivity index (χ0) is 13.2. The molecule has 1 atom stereocenters. The maximum absolute atomic E-state index is 5.93. The molecule has 1 unspecified atom stereocenters. The van der Waals surface area contributed by atoms with E-state index in [4.69, 9.17) is 11.6 Å². The fraction of sp³-hybridized carbons (Fsp3) is 0.333. The first-order chi connectivity index (χ1) is 9.22. The van der Waals surface area contributed by atoms with Crippen LogP contribution in [0.3, 0.4) is 0 Å². The first kappa shape index (κ1) is 12.4. The molecule has 3 nitrogen and oxygen atoms in total. The lowest BCUT2D eigenvalue weighted by molar-refractivity contribution is 0.774. The molecule has 19 heavy (non-hydrogen) atoms. The van der Waals surface area contributed by atoms with E-state index < -0.39 is 0 Å². The number of rotatable bonds is 2. The lowest BCUT2D eigenvalue weighted by Gasteiger charge is -2.18. The number of anilines is 1. The first-order valence-corrected chi connectivity index (χ1v) is 6.91. The van der Waals surface area contributed by atoms with Crippen LogP contribution in [0.2, 0.25) is 5.28 Å². The van der Waals surface area contributed by atoms with Crippen LogP contribution in [-0.4, -0.2) is 23.1 Å². The largest absolute Gasteiger partial charge is 0.356 e. The van der Waals surface area contributed by atoms with Crippen LogP contribution < -0.4 is 4.90 Å². The van der Waals surface area contributed by atoms with Crippen molar-refractivity contribution in [2.75, 3.05) is 18.0 Å². The van der Waals surface area contributed by atoms with Crippen molar-refractivity contribution in [1.29, 1.82) is 0 Å². The van der Waals surface area contributed by atoms with Gasteiger partial charge in [0.2, 0.25) is 5.28 Å². The molecule has 1 saturated heterocycles. The molecular weight excluding hydrogens is 258 g/mol. The first-order valence-electron chi connectivity index (χ1n) is 6.53. The zero-order valence-corrected chi connectivity index (χ0v) is 11.6. The average molecular weight is 274 g/mol. The van der Waals surface area contributed by atoms with Crippen LogP contribution >= 0.6 is 11.6 Å². The van der Waals surface area contributed by atoms with E-state index in [1.807, 2.05) is 13.0 Å². The Morgan fingerprint density at radius 2 is 2.00 bits per heavy atom. The van der Waals surface area contributed by atoms with Crippen LogP contribution in [0.4, 0.5) is 5.82 Å². The lowest BCUT2D eigenvalue weighted by atomic mass is 9.99. The van der Waals surface area contributed by atoms with Gasteiger partial charge in [-0.25, -0.2) is 9.97 Å². The van der Waals surface area contributed by atoms with Crippen molar-refractivity contribution in [3.63, 3.8) is 0 Å². The van der Waals surface area contributed by atoms with Crippen molar-refractivity contribution in [3.05, 3.63) is 52.9 Å². The van der Waals surface area contributed by atoms with Crippen molar-refractivity contribution in [3.8, 4) is 0 Å². The molecule has 0 bridgehead atoms. The van der Waals surface area contributed by atoms with Gasteiger partial charge in [-0.2, -0.15) is 0 Å². The van der Waals surface area contributed by atoms with Gasteiger partial charge in [0.25, 0.3) is 0 Å². The normalized spacial score (nSPS) is 18.8. The summed E-state index contributed by atoms with van der Waals surface area (Å²) in [5.74, 6) is 1.52. The summed E-state index contributed by atoms with van der Waals surface area (Å²) in [5, 5.41) is 0.332. The Labute approximate surface area is 118 Å². The van der Waals surface area contributed by atoms with Gasteiger partial charge in [-0.1, -0.05) is 30.3 Å². The van der Waals surface area contributed by atoms with E-state index in [-0.39, 0.29) is 0 Å². The monoisotopic (exact) mass is 273 g/mol. The second-order valence-electron chi connectivity index (χ2n) is 4.98. The summed E-state index contributed by atoms with van der Waals surface area (Å²) in [6.07, 6.45) is 1.16. The van der Waals surface area contributed by atoms with E-state index in [0.717, 1.165) is 31.0 Å². The predicted molar refractivity (Wildman–Crippen MR) is 77.8 cm³/mol. The summed E-state index contributed by atoms with van der Waals surface area (Å²) in [6, 6.07) is 12.7. The number of aryl methyl sites for hydroxylation is 1. The molecule has 0 amide bonds. The van der Waals surface area contributed by atoms with Crippen molar-refractivity contribution in [2.24, 2.45) is 0 Å². The maximum Gasteiger partial charge on any atom is 0.224 e. The van der Waals surface area contributed by atoms with Gasteiger partial charge in [-0.05, 0) is 30.5 Å². The molecule has 0 N–H and O–H groups in total. The number of hydrogen-bond acceptors (Lipinski definition) is 3. The second kappa shape index (κ2) is 5.17. The second-order valence-corrected chi connectivity index (χ2v) is 5.32. The van der Waals surface area contributed by atoms with Crippen LogP contribution in [0, 0.1) is 6.92 Å². The van der Waals surface area contributed by atoms with E-state index in [9.17, 15) is 0 Å². The molecule has 0 aliphatic carbocycles. The Hall–Kier alpha value is -1.61. The highest BCUT2D eigenvalue weighted by molar-refractivity contribution is 6.28. The fourth-order valence-corrected chi connectivity index (χ4v) is 2.86. The molecule has 1 aliphatic rings. The van der Waals surface area contributed by atoms with E-state index in [0.29, 0.717) is 11.2 Å². The molecule has 2 aromatic rings. The third kappa shape index (κ3) is 2.71. The summed E-state index contributed by atoms with van der Waals surface area (Å²) < 4.78 is 0. The predicted octanol–water partition coefficient (Wildman–Crippen LogP) is 3.43. The third-order valence-corrected chi connectivity index (χ3v) is 3.77. The van der Waals surface area contributed by atoms with Gasteiger partial charge in [0.05, 0.1) is 0 Å². The van der Waals surface area contributed by atoms with Crippen molar-refractivity contribution in [1.82, 2.24) is 9.97 Å². The molecule has 0 saturated carbocycles. The lowest BCUT2D eigenvalue weighted by Crippen LogP contribution is -2.20. The minimum absolute atomic E-state index is 0.332. The number of halogens is 1. The minimum Gasteiger partial charge on any atom is -0.356 e. The van der Waals surface area contributed by atoms with Crippen molar-refractivity contribution in [2.45, 2.75) is 19.3 Å². The van der Waals surface area contributed by atoms with Crippen LogP contribution in [0.15, 0.2) is 36.4 Å². The van der Waals surface area contributed by atoms with Crippen LogP contribution in [-0.2, 0) is 0 Å². The molecule has 1 aromatic carbocycles. The summed E-state index contributed by atoms with van der Waals surface area (Å²) >= 11 is 5.93. The van der Waals surface area contributed by atoms with Gasteiger partial charge >= 0.3 is 0 Å². The number of benzene rings is 1. The Balaban J connectivity index is 1.79. The molecule has 2 heterocycles. The SMILES string of the molecule is Cc1cc(N2CCC(c3ccccc3)C2)nc(Cl)n1. The molecule has 98 valence electrons. The Morgan fingerprint density at radius 1 is 1.21 bits per heavy atom. The van der Waals surface area contributed by atoms with Gasteiger partial charge in [0, 0.05) is 30.8 Å². The minimum atomic E-state index is 0.332. The van der Waals surface area contributed by atoms with Gasteiger partial charge in [0.1, 0.15) is 5.82 Å². The highest BCUT2D eigenvalue weighted by atomic mass is 35.5. The molecule has 0 radical (unpaired) electrons. The molecule has 1 aliphatic heterocycles. The summed E-state index contributed by atoms with van der Waals surface area (Å²) in [5.41, 5.74) is 2.32. The van der Waals surface area contributed by atoms with Gasteiger partial charge in [-0.15, -0.1) is 0 Å². The zero-order valence-electron chi connectivity index (χ0n) is 10.9. The third-order valence-electron chi connectivity index (χ3n) is 3.60. The van der Waals surface area contributed by atoms with Gasteiger partial charge in [-0.3, -0.25) is 0 Å². The molecule has 3 rings (SSSR count). The van der Waals surface area contributed by atoms with Gasteiger partial charge in [0.15, 0.2) is 0 Å². The molecular formula is C15H16ClN3. The summed E-state index contributed by atoms with van der Waals surface area (Å²) in [4.78, 5) is 10.7. The fourth-order valence-electron chi connectivity index (χ4n) is 2.64. The highest BCUT2D eigenvalue weighted by Gasteiger charge is 2.25. The topological polar surface area (TPSA) is 29.0 Å². The molecule has 1 fully saturated rings. The number of hydrogen-bond donors (Lipinski definition) is 0. The highest BCUT2D eigenvalue weighted by Crippen LogP contribution is 2.30. The maximum atomic E-state index is 5.93. The summed E-state index contributed by atoms with van der Waals surface area (Å²) in [6.45, 7) is 3.96. The van der Waals surface area contributed by atoms with E-state index in [1.54, 1.807) is 0 Å². The number of aromatic nitrogens is 2. The number of nitrogens with zero attached hydrogens (tertiary/aromatic N) is 3. The van der Waals surface area contributed by atoms with Crippen LogP contribution in [0.25, 0.3) is 0 Å². The van der Waals surface area contributed by atoms with E-state index in [1.165, 1.54) is 5.56 Å². The average Bonchev–Trinajstić information content (AvgIpc) is 2.88. The summed E-state index contributed by atoms with van der Waals surface area (Å²) in [7, 11) is 0. The smallest absolute Gasteiger partial charge is 0.224 e. The Bertz CT molecular complexity index is 551. The molecule has 1 aromatic heterocycles. The van der Waals surface area contributed by atoms with E-state index in [2.05, 4.69) is 45.2 Å². The Morgan fingerprint density at radius 3 is 2.74 bits per heavy atom. The van der Waals surface area contributed by atoms with Crippen LogP contribution in [0.5, 0.6) is 0 Å². The van der Waals surface area contributed by atoms with Crippen LogP contribution in [0.1, 0.15) is 23.6 Å². The molecule has 0 spiro atoms. The quantitative estimate of drug-likeness (QED) is 0.785. The standard InChI is InChI=1S/C15H16ClN3/c1-11-9-14(18-15(16)17-11)19-8-7-13(10-19)12-5-3-2-4-6-12/h2-6,9,13H,7-8,10H2,1H3. The Kier molecular flexibility index (Phi) is 3.38. The van der Waals surface area contributed by atoms with Gasteiger partial charge < -0.3 is 4.90 Å². The van der Waals surface area contributed by atoms with Crippen molar-refractivity contribution < 1.29 is 0 Å². The molecule has 4 heteroatoms.